The summed E-state index contributed by atoms with van der Waals surface area (Å²) < 4.78 is 10.7. The Kier molecular flexibility index (Phi) is 5.69. The van der Waals surface area contributed by atoms with Crippen LogP contribution in [0, 0.1) is 6.92 Å². The Morgan fingerprint density at radius 1 is 1.14 bits per heavy atom. The molecule has 116 valence electrons. The van der Waals surface area contributed by atoms with E-state index in [9.17, 15) is 4.79 Å². The predicted molar refractivity (Wildman–Crippen MR) is 85.8 cm³/mol. The molecule has 2 aromatic carbocycles. The Morgan fingerprint density at radius 3 is 2.50 bits per heavy atom. The molecule has 0 aliphatic carbocycles. The molecular weight excluding hydrogens is 278 g/mol. The second kappa shape index (κ2) is 7.73. The van der Waals surface area contributed by atoms with E-state index in [-0.39, 0.29) is 12.1 Å². The van der Waals surface area contributed by atoms with Crippen LogP contribution in [0.25, 0.3) is 0 Å². The molecule has 2 rings (SSSR count). The van der Waals surface area contributed by atoms with E-state index in [1.807, 2.05) is 43.3 Å². The maximum atomic E-state index is 11.7. The first kappa shape index (κ1) is 16.2. The van der Waals surface area contributed by atoms with Crippen LogP contribution in [-0.2, 0) is 9.47 Å². The standard InChI is InChI=1S/C18H21NO3/c1-13-6-8-14(9-7-13)17(22-11-10-19)15-4-3-5-16(12-15)18(20)21-2/h3-9,12,17H,10-11,19H2,1-2H3. The smallest absolute Gasteiger partial charge is 0.337 e. The van der Waals surface area contributed by atoms with Crippen molar-refractivity contribution in [1.29, 1.82) is 0 Å². The predicted octanol–water partition coefficient (Wildman–Crippen LogP) is 2.85. The summed E-state index contributed by atoms with van der Waals surface area (Å²) in [4.78, 5) is 11.7. The summed E-state index contributed by atoms with van der Waals surface area (Å²) in [6.07, 6.45) is -0.256. The van der Waals surface area contributed by atoms with Crippen molar-refractivity contribution in [2.75, 3.05) is 20.3 Å². The molecule has 0 aromatic heterocycles. The van der Waals surface area contributed by atoms with Gasteiger partial charge in [0.05, 0.1) is 19.3 Å². The van der Waals surface area contributed by atoms with Gasteiger partial charge < -0.3 is 15.2 Å². The van der Waals surface area contributed by atoms with Crippen LogP contribution in [0.1, 0.15) is 33.2 Å². The van der Waals surface area contributed by atoms with Crippen molar-refractivity contribution < 1.29 is 14.3 Å². The zero-order chi connectivity index (χ0) is 15.9. The molecule has 0 aliphatic rings. The molecule has 0 radical (unpaired) electrons. The summed E-state index contributed by atoms with van der Waals surface area (Å²) in [5, 5.41) is 0. The topological polar surface area (TPSA) is 61.5 Å². The van der Waals surface area contributed by atoms with Gasteiger partial charge in [0.25, 0.3) is 0 Å². The number of esters is 1. The fraction of sp³-hybridized carbons (Fsp3) is 0.278. The maximum absolute atomic E-state index is 11.7. The lowest BCUT2D eigenvalue weighted by molar-refractivity contribution is 0.0599. The van der Waals surface area contributed by atoms with Gasteiger partial charge in [-0.05, 0) is 30.2 Å². The monoisotopic (exact) mass is 299 g/mol. The van der Waals surface area contributed by atoms with E-state index >= 15 is 0 Å². The van der Waals surface area contributed by atoms with Crippen molar-refractivity contribution in [2.24, 2.45) is 5.73 Å². The van der Waals surface area contributed by atoms with Gasteiger partial charge in [-0.2, -0.15) is 0 Å². The SMILES string of the molecule is COC(=O)c1cccc(C(OCCN)c2ccc(C)cc2)c1. The van der Waals surface area contributed by atoms with E-state index in [1.54, 1.807) is 12.1 Å². The van der Waals surface area contributed by atoms with E-state index in [1.165, 1.54) is 12.7 Å². The normalized spacial score (nSPS) is 12.0. The minimum absolute atomic E-state index is 0.256. The number of methoxy groups -OCH3 is 1. The summed E-state index contributed by atoms with van der Waals surface area (Å²) in [5.41, 5.74) is 9.18. The minimum Gasteiger partial charge on any atom is -0.465 e. The number of benzene rings is 2. The lowest BCUT2D eigenvalue weighted by Gasteiger charge is -2.19. The van der Waals surface area contributed by atoms with Crippen molar-refractivity contribution in [3.8, 4) is 0 Å². The largest absolute Gasteiger partial charge is 0.465 e. The lowest BCUT2D eigenvalue weighted by atomic mass is 9.98. The van der Waals surface area contributed by atoms with Crippen molar-refractivity contribution >= 4 is 5.97 Å². The molecule has 0 heterocycles. The third-order valence-electron chi connectivity index (χ3n) is 3.39. The molecule has 2 N–H and O–H groups in total. The molecule has 22 heavy (non-hydrogen) atoms. The van der Waals surface area contributed by atoms with E-state index in [4.69, 9.17) is 15.2 Å². The highest BCUT2D eigenvalue weighted by atomic mass is 16.5. The first-order valence-electron chi connectivity index (χ1n) is 7.22. The van der Waals surface area contributed by atoms with Crippen LogP contribution in [0.2, 0.25) is 0 Å². The molecule has 2 aromatic rings. The Balaban J connectivity index is 2.36. The van der Waals surface area contributed by atoms with Crippen molar-refractivity contribution in [1.82, 2.24) is 0 Å². The van der Waals surface area contributed by atoms with Gasteiger partial charge in [0, 0.05) is 6.54 Å². The second-order valence-electron chi connectivity index (χ2n) is 5.07. The summed E-state index contributed by atoms with van der Waals surface area (Å²) >= 11 is 0. The van der Waals surface area contributed by atoms with Gasteiger partial charge in [-0.1, -0.05) is 42.0 Å². The van der Waals surface area contributed by atoms with Crippen molar-refractivity contribution in [3.63, 3.8) is 0 Å². The minimum atomic E-state index is -0.358. The number of ether oxygens (including phenoxy) is 2. The van der Waals surface area contributed by atoms with E-state index in [2.05, 4.69) is 0 Å². The molecule has 1 unspecified atom stereocenters. The van der Waals surface area contributed by atoms with Crippen LogP contribution in [0.4, 0.5) is 0 Å². The number of carbonyl (C=O) groups is 1. The first-order chi connectivity index (χ1) is 10.7. The molecule has 0 spiro atoms. The quantitative estimate of drug-likeness (QED) is 0.833. The average Bonchev–Trinajstić information content (AvgIpc) is 2.56. The first-order valence-corrected chi connectivity index (χ1v) is 7.22. The lowest BCUT2D eigenvalue weighted by Crippen LogP contribution is -2.14. The molecule has 0 bridgehead atoms. The Morgan fingerprint density at radius 2 is 1.86 bits per heavy atom. The van der Waals surface area contributed by atoms with Crippen LogP contribution in [0.3, 0.4) is 0 Å². The number of carbonyl (C=O) groups excluding carboxylic acids is 1. The molecular formula is C18H21NO3. The van der Waals surface area contributed by atoms with Crippen molar-refractivity contribution in [3.05, 3.63) is 70.8 Å². The summed E-state index contributed by atoms with van der Waals surface area (Å²) in [5.74, 6) is -0.358. The Hall–Kier alpha value is -2.17. The highest BCUT2D eigenvalue weighted by Crippen LogP contribution is 2.27. The Bertz CT molecular complexity index is 622. The third-order valence-corrected chi connectivity index (χ3v) is 3.39. The van der Waals surface area contributed by atoms with Gasteiger partial charge in [-0.3, -0.25) is 0 Å². The summed E-state index contributed by atoms with van der Waals surface area (Å²) in [7, 11) is 1.37. The van der Waals surface area contributed by atoms with Crippen LogP contribution >= 0.6 is 0 Å². The second-order valence-corrected chi connectivity index (χ2v) is 5.07. The van der Waals surface area contributed by atoms with Gasteiger partial charge in [0.15, 0.2) is 0 Å². The number of aryl methyl sites for hydroxylation is 1. The number of hydrogen-bond acceptors (Lipinski definition) is 4. The summed E-state index contributed by atoms with van der Waals surface area (Å²) in [6, 6.07) is 15.4. The van der Waals surface area contributed by atoms with Crippen molar-refractivity contribution in [2.45, 2.75) is 13.0 Å². The third kappa shape index (κ3) is 3.93. The van der Waals surface area contributed by atoms with E-state index < -0.39 is 0 Å². The molecule has 1 atom stereocenters. The van der Waals surface area contributed by atoms with Crippen LogP contribution in [0.15, 0.2) is 48.5 Å². The fourth-order valence-corrected chi connectivity index (χ4v) is 2.26. The molecule has 0 saturated heterocycles. The highest BCUT2D eigenvalue weighted by Gasteiger charge is 2.16. The van der Waals surface area contributed by atoms with Gasteiger partial charge >= 0.3 is 5.97 Å². The average molecular weight is 299 g/mol. The van der Waals surface area contributed by atoms with Crippen LogP contribution in [-0.4, -0.2) is 26.2 Å². The maximum Gasteiger partial charge on any atom is 0.337 e. The van der Waals surface area contributed by atoms with E-state index in [0.29, 0.717) is 18.7 Å². The van der Waals surface area contributed by atoms with E-state index in [0.717, 1.165) is 11.1 Å². The molecule has 4 nitrogen and oxygen atoms in total. The Labute approximate surface area is 130 Å². The molecule has 0 fully saturated rings. The van der Waals surface area contributed by atoms with Crippen LogP contribution < -0.4 is 5.73 Å². The van der Waals surface area contributed by atoms with Gasteiger partial charge in [-0.25, -0.2) is 4.79 Å². The van der Waals surface area contributed by atoms with Gasteiger partial charge in [0.1, 0.15) is 6.10 Å². The molecule has 0 saturated carbocycles. The number of nitrogens with two attached hydrogens (primary N) is 1. The molecule has 0 aliphatic heterocycles. The van der Waals surface area contributed by atoms with Gasteiger partial charge in [0.2, 0.25) is 0 Å². The number of hydrogen-bond donors (Lipinski definition) is 1. The fourth-order valence-electron chi connectivity index (χ4n) is 2.26. The zero-order valence-corrected chi connectivity index (χ0v) is 12.9. The van der Waals surface area contributed by atoms with Gasteiger partial charge in [-0.15, -0.1) is 0 Å². The zero-order valence-electron chi connectivity index (χ0n) is 12.9. The highest BCUT2D eigenvalue weighted by molar-refractivity contribution is 5.89. The number of rotatable bonds is 6. The molecule has 4 heteroatoms. The summed E-state index contributed by atoms with van der Waals surface area (Å²) in [6.45, 7) is 2.93. The molecule has 0 amide bonds. The van der Waals surface area contributed by atoms with Crippen LogP contribution in [0.5, 0.6) is 0 Å².